The fraction of sp³-hybridized carbons (Fsp3) is 0. The zero-order valence-corrected chi connectivity index (χ0v) is 7.50. The number of aromatic nitrogens is 2. The molecule has 0 fully saturated rings. The molecule has 1 aromatic carbocycles. The van der Waals surface area contributed by atoms with Crippen LogP contribution in [0, 0.1) is 11.6 Å². The van der Waals surface area contributed by atoms with Crippen molar-refractivity contribution < 1.29 is 8.78 Å². The van der Waals surface area contributed by atoms with Gasteiger partial charge in [0.25, 0.3) is 5.56 Å². The number of benzene rings is 1. The number of rotatable bonds is 1. The average molecular weight is 208 g/mol. The van der Waals surface area contributed by atoms with Gasteiger partial charge in [-0.25, -0.2) is 13.8 Å². The maximum atomic E-state index is 12.9. The molecule has 0 unspecified atom stereocenters. The van der Waals surface area contributed by atoms with Crippen LogP contribution in [0.3, 0.4) is 0 Å². The van der Waals surface area contributed by atoms with Gasteiger partial charge >= 0.3 is 0 Å². The van der Waals surface area contributed by atoms with E-state index in [1.54, 1.807) is 0 Å². The Labute approximate surface area is 83.4 Å². The molecule has 2 aromatic rings. The van der Waals surface area contributed by atoms with Crippen molar-refractivity contribution >= 4 is 0 Å². The van der Waals surface area contributed by atoms with Crippen molar-refractivity contribution in [2.45, 2.75) is 0 Å². The van der Waals surface area contributed by atoms with Crippen LogP contribution in [0.2, 0.25) is 0 Å². The van der Waals surface area contributed by atoms with Crippen LogP contribution in [-0.4, -0.2) is 9.97 Å². The lowest BCUT2D eigenvalue weighted by atomic mass is 10.1. The maximum absolute atomic E-state index is 12.9. The van der Waals surface area contributed by atoms with Gasteiger partial charge in [0.1, 0.15) is 5.69 Å². The van der Waals surface area contributed by atoms with E-state index in [0.717, 1.165) is 12.1 Å². The van der Waals surface area contributed by atoms with Crippen molar-refractivity contribution in [3.8, 4) is 11.3 Å². The Hall–Kier alpha value is -2.04. The van der Waals surface area contributed by atoms with E-state index in [2.05, 4.69) is 9.97 Å². The summed E-state index contributed by atoms with van der Waals surface area (Å²) >= 11 is 0. The number of hydrogen-bond donors (Lipinski definition) is 1. The second-order valence-electron chi connectivity index (χ2n) is 2.90. The first kappa shape index (κ1) is 9.51. The summed E-state index contributed by atoms with van der Waals surface area (Å²) in [6, 6.07) is 3.20. The summed E-state index contributed by atoms with van der Waals surface area (Å²) in [5, 5.41) is 0. The van der Waals surface area contributed by atoms with Crippen LogP contribution in [-0.2, 0) is 0 Å². The predicted molar refractivity (Wildman–Crippen MR) is 50.2 cm³/mol. The van der Waals surface area contributed by atoms with Gasteiger partial charge in [-0.15, -0.1) is 0 Å². The van der Waals surface area contributed by atoms with Crippen LogP contribution in [0.4, 0.5) is 8.78 Å². The molecule has 5 heteroatoms. The topological polar surface area (TPSA) is 45.8 Å². The summed E-state index contributed by atoms with van der Waals surface area (Å²) in [5.41, 5.74) is -0.129. The number of nitrogens with one attached hydrogen (secondary N) is 1. The van der Waals surface area contributed by atoms with Gasteiger partial charge in [-0.05, 0) is 18.2 Å². The standard InChI is InChI=1S/C10H6F2N2O/c11-7-2-1-6(5-8(7)12)9-10(15)14-4-3-13-9/h1-5H,(H,14,15). The van der Waals surface area contributed by atoms with Crippen molar-refractivity contribution in [2.24, 2.45) is 0 Å². The molecule has 0 radical (unpaired) electrons. The van der Waals surface area contributed by atoms with E-state index in [1.807, 2.05) is 0 Å². The zero-order valence-electron chi connectivity index (χ0n) is 7.50. The molecule has 0 amide bonds. The molecule has 0 spiro atoms. The predicted octanol–water partition coefficient (Wildman–Crippen LogP) is 1.72. The molecule has 0 saturated carbocycles. The van der Waals surface area contributed by atoms with Crippen molar-refractivity contribution in [3.63, 3.8) is 0 Å². The summed E-state index contributed by atoms with van der Waals surface area (Å²) in [4.78, 5) is 17.5. The van der Waals surface area contributed by atoms with Crippen molar-refractivity contribution in [1.82, 2.24) is 9.97 Å². The third-order valence-electron chi connectivity index (χ3n) is 1.90. The lowest BCUT2D eigenvalue weighted by Crippen LogP contribution is -2.09. The summed E-state index contributed by atoms with van der Waals surface area (Å²) in [6.07, 6.45) is 2.74. The first-order chi connectivity index (χ1) is 7.18. The molecule has 0 aliphatic carbocycles. The second-order valence-corrected chi connectivity index (χ2v) is 2.90. The Kier molecular flexibility index (Phi) is 2.29. The van der Waals surface area contributed by atoms with Crippen molar-refractivity contribution in [1.29, 1.82) is 0 Å². The third kappa shape index (κ3) is 1.76. The van der Waals surface area contributed by atoms with Crippen LogP contribution in [0.5, 0.6) is 0 Å². The molecule has 3 nitrogen and oxygen atoms in total. The number of hydrogen-bond acceptors (Lipinski definition) is 2. The third-order valence-corrected chi connectivity index (χ3v) is 1.90. The monoisotopic (exact) mass is 208 g/mol. The Morgan fingerprint density at radius 1 is 1.20 bits per heavy atom. The molecular formula is C10H6F2N2O. The Morgan fingerprint density at radius 2 is 2.00 bits per heavy atom. The van der Waals surface area contributed by atoms with E-state index in [1.165, 1.54) is 18.5 Å². The molecule has 1 aromatic heterocycles. The first-order valence-electron chi connectivity index (χ1n) is 4.17. The Morgan fingerprint density at radius 3 is 2.67 bits per heavy atom. The molecule has 1 heterocycles. The number of nitrogens with zero attached hydrogens (tertiary/aromatic N) is 1. The van der Waals surface area contributed by atoms with Gasteiger partial charge in [0, 0.05) is 18.0 Å². The number of H-pyrrole nitrogens is 1. The van der Waals surface area contributed by atoms with Crippen LogP contribution in [0.1, 0.15) is 0 Å². The summed E-state index contributed by atoms with van der Waals surface area (Å²) in [6.45, 7) is 0. The van der Waals surface area contributed by atoms with Crippen molar-refractivity contribution in [2.75, 3.05) is 0 Å². The highest BCUT2D eigenvalue weighted by atomic mass is 19.2. The van der Waals surface area contributed by atoms with Crippen LogP contribution < -0.4 is 5.56 Å². The van der Waals surface area contributed by atoms with Crippen LogP contribution in [0.25, 0.3) is 11.3 Å². The molecule has 0 aliphatic rings. The lowest BCUT2D eigenvalue weighted by molar-refractivity contribution is 0.509. The second kappa shape index (κ2) is 3.61. The van der Waals surface area contributed by atoms with Gasteiger partial charge in [-0.3, -0.25) is 4.79 Å². The van der Waals surface area contributed by atoms with E-state index >= 15 is 0 Å². The summed E-state index contributed by atoms with van der Waals surface area (Å²) < 4.78 is 25.5. The molecule has 1 N–H and O–H groups in total. The SMILES string of the molecule is O=c1[nH]ccnc1-c1ccc(F)c(F)c1. The normalized spacial score (nSPS) is 10.3. The van der Waals surface area contributed by atoms with E-state index in [4.69, 9.17) is 0 Å². The summed E-state index contributed by atoms with van der Waals surface area (Å²) in [5.74, 6) is -1.95. The average Bonchev–Trinajstić information content (AvgIpc) is 2.23. The lowest BCUT2D eigenvalue weighted by Gasteiger charge is -1.99. The molecule has 0 bridgehead atoms. The van der Waals surface area contributed by atoms with E-state index in [-0.39, 0.29) is 11.3 Å². The van der Waals surface area contributed by atoms with Gasteiger partial charge in [0.05, 0.1) is 0 Å². The number of aromatic amines is 1. The molecule has 0 atom stereocenters. The minimum atomic E-state index is -1.00. The Bertz CT molecular complexity index is 551. The van der Waals surface area contributed by atoms with Gasteiger partial charge in [0.15, 0.2) is 11.6 Å². The zero-order chi connectivity index (χ0) is 10.8. The summed E-state index contributed by atoms with van der Waals surface area (Å²) in [7, 11) is 0. The quantitative estimate of drug-likeness (QED) is 0.775. The molecule has 0 aliphatic heterocycles. The fourth-order valence-electron chi connectivity index (χ4n) is 1.20. The molecule has 0 saturated heterocycles. The molecular weight excluding hydrogens is 202 g/mol. The highest BCUT2D eigenvalue weighted by Crippen LogP contribution is 2.15. The Balaban J connectivity index is 2.60. The highest BCUT2D eigenvalue weighted by molar-refractivity contribution is 5.57. The van der Waals surface area contributed by atoms with Gasteiger partial charge in [-0.2, -0.15) is 0 Å². The van der Waals surface area contributed by atoms with E-state index in [9.17, 15) is 13.6 Å². The fourth-order valence-corrected chi connectivity index (χ4v) is 1.20. The smallest absolute Gasteiger partial charge is 0.274 e. The maximum Gasteiger partial charge on any atom is 0.274 e. The highest BCUT2D eigenvalue weighted by Gasteiger charge is 2.07. The van der Waals surface area contributed by atoms with E-state index in [0.29, 0.717) is 0 Å². The van der Waals surface area contributed by atoms with Gasteiger partial charge in [0.2, 0.25) is 0 Å². The minimum absolute atomic E-state index is 0.0661. The molecule has 76 valence electrons. The minimum Gasteiger partial charge on any atom is -0.326 e. The molecule has 2 rings (SSSR count). The van der Waals surface area contributed by atoms with Crippen molar-refractivity contribution in [3.05, 3.63) is 52.6 Å². The first-order valence-corrected chi connectivity index (χ1v) is 4.17. The van der Waals surface area contributed by atoms with Gasteiger partial charge < -0.3 is 4.98 Å². The number of halogens is 2. The largest absolute Gasteiger partial charge is 0.326 e. The van der Waals surface area contributed by atoms with Gasteiger partial charge in [-0.1, -0.05) is 0 Å². The van der Waals surface area contributed by atoms with E-state index < -0.39 is 17.2 Å². The van der Waals surface area contributed by atoms with Crippen LogP contribution in [0.15, 0.2) is 35.4 Å². The van der Waals surface area contributed by atoms with Crippen LogP contribution >= 0.6 is 0 Å². The molecule has 15 heavy (non-hydrogen) atoms.